The molecule has 0 heterocycles. The number of hydrogen-bond acceptors (Lipinski definition) is 2. The highest BCUT2D eigenvalue weighted by atomic mass is 79.9. The number of aliphatic imine (C=N–C) groups is 1. The summed E-state index contributed by atoms with van der Waals surface area (Å²) in [5.41, 5.74) is 3.11. The molecule has 2 aromatic rings. The summed E-state index contributed by atoms with van der Waals surface area (Å²) in [4.78, 5) is 17.7. The largest absolute Gasteiger partial charge is 0.356 e. The predicted octanol–water partition coefficient (Wildman–Crippen LogP) is 3.45. The molecule has 2 rings (SSSR count). The van der Waals surface area contributed by atoms with E-state index in [1.54, 1.807) is 26.0 Å². The van der Waals surface area contributed by atoms with E-state index in [1.165, 1.54) is 5.56 Å². The first-order valence-electron chi connectivity index (χ1n) is 8.99. The van der Waals surface area contributed by atoms with Gasteiger partial charge in [0, 0.05) is 44.3 Å². The van der Waals surface area contributed by atoms with E-state index in [1.807, 2.05) is 30.3 Å². The number of guanidine groups is 1. The van der Waals surface area contributed by atoms with Gasteiger partial charge in [0.25, 0.3) is 5.91 Å². The van der Waals surface area contributed by atoms with E-state index in [-0.39, 0.29) is 5.91 Å². The van der Waals surface area contributed by atoms with Crippen LogP contribution in [0.5, 0.6) is 0 Å². The number of carbonyl (C=O) groups excluding carboxylic acids is 1. The Kier molecular flexibility index (Phi) is 8.33. The third kappa shape index (κ3) is 7.06. The standard InChI is InChI=1S/C21H27BrN4O/c1-23-21(24-13-5-7-16-6-4-8-19(22)14-16)25-15-17-9-11-18(12-10-17)20(27)26(2)3/h4,6,8-12,14H,5,7,13,15H2,1-3H3,(H2,23,24,25). The zero-order valence-electron chi connectivity index (χ0n) is 16.1. The van der Waals surface area contributed by atoms with Gasteiger partial charge in [0.2, 0.25) is 0 Å². The highest BCUT2D eigenvalue weighted by Gasteiger charge is 2.07. The maximum atomic E-state index is 11.9. The fourth-order valence-corrected chi connectivity index (χ4v) is 3.07. The number of aryl methyl sites for hydroxylation is 1. The summed E-state index contributed by atoms with van der Waals surface area (Å²) in [6, 6.07) is 16.0. The molecule has 1 amide bonds. The summed E-state index contributed by atoms with van der Waals surface area (Å²) in [6.45, 7) is 1.50. The lowest BCUT2D eigenvalue weighted by molar-refractivity contribution is 0.0827. The molecule has 0 saturated carbocycles. The number of carbonyl (C=O) groups is 1. The third-order valence-electron chi connectivity index (χ3n) is 4.11. The fraction of sp³-hybridized carbons (Fsp3) is 0.333. The lowest BCUT2D eigenvalue weighted by atomic mass is 10.1. The molecule has 0 fully saturated rings. The molecule has 2 N–H and O–H groups in total. The maximum Gasteiger partial charge on any atom is 0.253 e. The number of benzene rings is 2. The summed E-state index contributed by atoms with van der Waals surface area (Å²) in [6.07, 6.45) is 2.04. The second-order valence-corrected chi connectivity index (χ2v) is 7.40. The first kappa shape index (κ1) is 21.0. The Morgan fingerprint density at radius 1 is 1.07 bits per heavy atom. The zero-order chi connectivity index (χ0) is 19.6. The molecular weight excluding hydrogens is 404 g/mol. The molecule has 0 aromatic heterocycles. The highest BCUT2D eigenvalue weighted by molar-refractivity contribution is 9.10. The Bertz CT molecular complexity index is 772. The zero-order valence-corrected chi connectivity index (χ0v) is 17.7. The van der Waals surface area contributed by atoms with Crippen molar-refractivity contribution in [1.82, 2.24) is 15.5 Å². The monoisotopic (exact) mass is 430 g/mol. The van der Waals surface area contributed by atoms with Crippen LogP contribution in [0.25, 0.3) is 0 Å². The Hall–Kier alpha value is -2.34. The van der Waals surface area contributed by atoms with Gasteiger partial charge in [-0.25, -0.2) is 0 Å². The van der Waals surface area contributed by atoms with Crippen LogP contribution in [0.2, 0.25) is 0 Å². The molecule has 0 radical (unpaired) electrons. The molecule has 0 aliphatic heterocycles. The second kappa shape index (κ2) is 10.7. The van der Waals surface area contributed by atoms with E-state index in [9.17, 15) is 4.79 Å². The average molecular weight is 431 g/mol. The van der Waals surface area contributed by atoms with E-state index in [0.29, 0.717) is 12.1 Å². The van der Waals surface area contributed by atoms with Gasteiger partial charge in [0.1, 0.15) is 0 Å². The van der Waals surface area contributed by atoms with Crippen molar-refractivity contribution < 1.29 is 4.79 Å². The van der Waals surface area contributed by atoms with Crippen LogP contribution < -0.4 is 10.6 Å². The second-order valence-electron chi connectivity index (χ2n) is 6.48. The normalized spacial score (nSPS) is 11.2. The molecule has 0 atom stereocenters. The molecule has 2 aromatic carbocycles. The first-order valence-corrected chi connectivity index (χ1v) is 9.78. The van der Waals surface area contributed by atoms with Gasteiger partial charge in [-0.3, -0.25) is 9.79 Å². The van der Waals surface area contributed by atoms with Crippen LogP contribution in [0, 0.1) is 0 Å². The minimum absolute atomic E-state index is 0.0115. The topological polar surface area (TPSA) is 56.7 Å². The van der Waals surface area contributed by atoms with Crippen molar-refractivity contribution >= 4 is 27.8 Å². The third-order valence-corrected chi connectivity index (χ3v) is 4.61. The van der Waals surface area contributed by atoms with Crippen LogP contribution >= 0.6 is 15.9 Å². The van der Waals surface area contributed by atoms with Crippen LogP contribution in [-0.2, 0) is 13.0 Å². The van der Waals surface area contributed by atoms with Gasteiger partial charge in [-0.2, -0.15) is 0 Å². The molecule has 0 unspecified atom stereocenters. The lowest BCUT2D eigenvalue weighted by Gasteiger charge is -2.13. The lowest BCUT2D eigenvalue weighted by Crippen LogP contribution is -2.37. The van der Waals surface area contributed by atoms with E-state index in [0.717, 1.165) is 35.4 Å². The number of halogens is 1. The number of amides is 1. The summed E-state index contributed by atoms with van der Waals surface area (Å²) in [7, 11) is 5.27. The number of nitrogens with one attached hydrogen (secondary N) is 2. The SMILES string of the molecule is CN=C(NCCCc1cccc(Br)c1)NCc1ccc(C(=O)N(C)C)cc1. The number of nitrogens with zero attached hydrogens (tertiary/aromatic N) is 2. The molecular formula is C21H27BrN4O. The van der Waals surface area contributed by atoms with Gasteiger partial charge in [-0.1, -0.05) is 40.2 Å². The summed E-state index contributed by atoms with van der Waals surface area (Å²) < 4.78 is 1.11. The van der Waals surface area contributed by atoms with E-state index < -0.39 is 0 Å². The van der Waals surface area contributed by atoms with E-state index in [4.69, 9.17) is 0 Å². The summed E-state index contributed by atoms with van der Waals surface area (Å²) in [5.74, 6) is 0.787. The van der Waals surface area contributed by atoms with E-state index >= 15 is 0 Å². The van der Waals surface area contributed by atoms with Gasteiger partial charge in [0.15, 0.2) is 5.96 Å². The van der Waals surface area contributed by atoms with Crippen LogP contribution in [0.1, 0.15) is 27.9 Å². The van der Waals surface area contributed by atoms with Gasteiger partial charge in [-0.15, -0.1) is 0 Å². The van der Waals surface area contributed by atoms with Crippen molar-refractivity contribution in [3.05, 3.63) is 69.7 Å². The van der Waals surface area contributed by atoms with Crippen molar-refractivity contribution in [2.75, 3.05) is 27.7 Å². The molecule has 0 spiro atoms. The fourth-order valence-electron chi connectivity index (χ4n) is 2.62. The number of hydrogen-bond donors (Lipinski definition) is 2. The Morgan fingerprint density at radius 2 is 1.81 bits per heavy atom. The van der Waals surface area contributed by atoms with Gasteiger partial charge in [-0.05, 0) is 48.2 Å². The first-order chi connectivity index (χ1) is 13.0. The molecule has 5 nitrogen and oxygen atoms in total. The van der Waals surface area contributed by atoms with E-state index in [2.05, 4.69) is 49.8 Å². The Morgan fingerprint density at radius 3 is 2.44 bits per heavy atom. The molecule has 0 saturated heterocycles. The minimum atomic E-state index is 0.0115. The number of rotatable bonds is 7. The molecule has 6 heteroatoms. The predicted molar refractivity (Wildman–Crippen MR) is 115 cm³/mol. The highest BCUT2D eigenvalue weighted by Crippen LogP contribution is 2.12. The molecule has 0 aliphatic carbocycles. The quantitative estimate of drug-likeness (QED) is 0.401. The van der Waals surface area contributed by atoms with Crippen LogP contribution in [0.3, 0.4) is 0 Å². The summed E-state index contributed by atoms with van der Waals surface area (Å²) >= 11 is 3.50. The Labute approximate surface area is 170 Å². The molecule has 27 heavy (non-hydrogen) atoms. The van der Waals surface area contributed by atoms with Gasteiger partial charge >= 0.3 is 0 Å². The van der Waals surface area contributed by atoms with Crippen LogP contribution in [0.15, 0.2) is 58.0 Å². The maximum absolute atomic E-state index is 11.9. The van der Waals surface area contributed by atoms with Gasteiger partial charge in [0.05, 0.1) is 0 Å². The van der Waals surface area contributed by atoms with Crippen molar-refractivity contribution in [2.24, 2.45) is 4.99 Å². The van der Waals surface area contributed by atoms with Crippen LogP contribution in [-0.4, -0.2) is 44.5 Å². The summed E-state index contributed by atoms with van der Waals surface area (Å²) in [5, 5.41) is 6.64. The molecule has 144 valence electrons. The molecule has 0 bridgehead atoms. The van der Waals surface area contributed by atoms with Crippen molar-refractivity contribution in [1.29, 1.82) is 0 Å². The minimum Gasteiger partial charge on any atom is -0.356 e. The Balaban J connectivity index is 1.74. The van der Waals surface area contributed by atoms with Crippen LogP contribution in [0.4, 0.5) is 0 Å². The average Bonchev–Trinajstić information content (AvgIpc) is 2.67. The van der Waals surface area contributed by atoms with Crippen molar-refractivity contribution in [3.8, 4) is 0 Å². The van der Waals surface area contributed by atoms with Gasteiger partial charge < -0.3 is 15.5 Å². The molecule has 0 aliphatic rings. The van der Waals surface area contributed by atoms with Crippen molar-refractivity contribution in [3.63, 3.8) is 0 Å². The van der Waals surface area contributed by atoms with Crippen molar-refractivity contribution in [2.45, 2.75) is 19.4 Å². The smallest absolute Gasteiger partial charge is 0.253 e.